The highest BCUT2D eigenvalue weighted by molar-refractivity contribution is 6.35. The van der Waals surface area contributed by atoms with Gasteiger partial charge in [0.1, 0.15) is 0 Å². The molecule has 1 aliphatic heterocycles. The molecule has 1 heterocycles. The maximum Gasteiger partial charge on any atom is 0.329 e. The number of nitro groups is 1. The molecule has 0 aliphatic carbocycles. The van der Waals surface area contributed by atoms with Gasteiger partial charge in [-0.15, -0.1) is 0 Å². The SMILES string of the molecule is COc1ccc(C=NNC(=O)C(=O)N2CCCC2)cc1[N+](=O)[O-]. The van der Waals surface area contributed by atoms with Crippen molar-refractivity contribution in [2.75, 3.05) is 20.2 Å². The summed E-state index contributed by atoms with van der Waals surface area (Å²) < 4.78 is 4.89. The van der Waals surface area contributed by atoms with Crippen molar-refractivity contribution in [1.29, 1.82) is 0 Å². The van der Waals surface area contributed by atoms with Gasteiger partial charge in [-0.25, -0.2) is 5.43 Å². The third kappa shape index (κ3) is 4.02. The van der Waals surface area contributed by atoms with Crippen molar-refractivity contribution in [3.63, 3.8) is 0 Å². The molecule has 1 fully saturated rings. The molecule has 122 valence electrons. The second-order valence-corrected chi connectivity index (χ2v) is 4.89. The number of hydrogen-bond donors (Lipinski definition) is 1. The number of likely N-dealkylation sites (tertiary alicyclic amines) is 1. The molecule has 9 nitrogen and oxygen atoms in total. The van der Waals surface area contributed by atoms with E-state index in [0.717, 1.165) is 12.8 Å². The summed E-state index contributed by atoms with van der Waals surface area (Å²) in [7, 11) is 1.33. The van der Waals surface area contributed by atoms with Crippen molar-refractivity contribution in [1.82, 2.24) is 10.3 Å². The summed E-state index contributed by atoms with van der Waals surface area (Å²) in [5.41, 5.74) is 2.31. The van der Waals surface area contributed by atoms with Crippen molar-refractivity contribution in [2.45, 2.75) is 12.8 Å². The van der Waals surface area contributed by atoms with E-state index in [1.165, 1.54) is 30.4 Å². The van der Waals surface area contributed by atoms with Gasteiger partial charge in [0.25, 0.3) is 0 Å². The summed E-state index contributed by atoms with van der Waals surface area (Å²) >= 11 is 0. The summed E-state index contributed by atoms with van der Waals surface area (Å²) in [5, 5.41) is 14.6. The number of amides is 2. The molecule has 0 saturated carbocycles. The Balaban J connectivity index is 2.00. The quantitative estimate of drug-likeness (QED) is 0.379. The van der Waals surface area contributed by atoms with Gasteiger partial charge in [0.15, 0.2) is 5.75 Å². The van der Waals surface area contributed by atoms with Crippen LogP contribution in [-0.4, -0.2) is 48.1 Å². The Labute approximate surface area is 132 Å². The first kappa shape index (κ1) is 16.4. The minimum Gasteiger partial charge on any atom is -0.490 e. The predicted molar refractivity (Wildman–Crippen MR) is 81.2 cm³/mol. The number of nitrogens with zero attached hydrogens (tertiary/aromatic N) is 3. The second kappa shape index (κ2) is 7.34. The van der Waals surface area contributed by atoms with E-state index < -0.39 is 16.7 Å². The molecule has 0 atom stereocenters. The van der Waals surface area contributed by atoms with Gasteiger partial charge in [0.05, 0.1) is 18.2 Å². The van der Waals surface area contributed by atoms with Gasteiger partial charge in [0.2, 0.25) is 0 Å². The first-order chi connectivity index (χ1) is 11.0. The number of benzene rings is 1. The lowest BCUT2D eigenvalue weighted by atomic mass is 10.2. The number of carbonyl (C=O) groups is 2. The topological polar surface area (TPSA) is 114 Å². The number of ether oxygens (including phenoxy) is 1. The van der Waals surface area contributed by atoms with Crippen molar-refractivity contribution in [2.24, 2.45) is 5.10 Å². The third-order valence-electron chi connectivity index (χ3n) is 3.37. The van der Waals surface area contributed by atoms with E-state index in [9.17, 15) is 19.7 Å². The molecule has 9 heteroatoms. The maximum atomic E-state index is 11.7. The molecule has 0 spiro atoms. The molecule has 2 amide bonds. The number of hydrogen-bond acceptors (Lipinski definition) is 6. The standard InChI is InChI=1S/C14H16N4O5/c1-23-12-5-4-10(8-11(12)18(21)22)9-15-16-13(19)14(20)17-6-2-3-7-17/h4-5,8-9H,2-3,6-7H2,1H3,(H,16,19). The Morgan fingerprint density at radius 3 is 2.70 bits per heavy atom. The van der Waals surface area contributed by atoms with E-state index >= 15 is 0 Å². The first-order valence-corrected chi connectivity index (χ1v) is 6.97. The fraction of sp³-hybridized carbons (Fsp3) is 0.357. The Morgan fingerprint density at radius 2 is 2.09 bits per heavy atom. The molecular weight excluding hydrogens is 304 g/mol. The molecule has 1 aliphatic rings. The van der Waals surface area contributed by atoms with Crippen LogP contribution in [0.1, 0.15) is 18.4 Å². The van der Waals surface area contributed by atoms with E-state index in [4.69, 9.17) is 4.74 Å². The van der Waals surface area contributed by atoms with E-state index in [0.29, 0.717) is 18.7 Å². The van der Waals surface area contributed by atoms with Crippen LogP contribution in [0.2, 0.25) is 0 Å². The molecule has 2 rings (SSSR count). The summed E-state index contributed by atoms with van der Waals surface area (Å²) in [6.45, 7) is 1.14. The lowest BCUT2D eigenvalue weighted by Crippen LogP contribution is -2.39. The molecule has 0 aromatic heterocycles. The molecule has 1 N–H and O–H groups in total. The smallest absolute Gasteiger partial charge is 0.329 e. The highest BCUT2D eigenvalue weighted by Crippen LogP contribution is 2.26. The molecule has 1 aromatic rings. The first-order valence-electron chi connectivity index (χ1n) is 6.97. The van der Waals surface area contributed by atoms with Crippen LogP contribution in [0.3, 0.4) is 0 Å². The molecule has 1 saturated heterocycles. The fourth-order valence-electron chi connectivity index (χ4n) is 2.21. The molecule has 23 heavy (non-hydrogen) atoms. The van der Waals surface area contributed by atoms with Crippen molar-refractivity contribution in [3.8, 4) is 5.75 Å². The molecular formula is C14H16N4O5. The highest BCUT2D eigenvalue weighted by Gasteiger charge is 2.24. The number of methoxy groups -OCH3 is 1. The lowest BCUT2D eigenvalue weighted by Gasteiger charge is -2.12. The van der Waals surface area contributed by atoms with E-state index in [-0.39, 0.29) is 11.4 Å². The van der Waals surface area contributed by atoms with Gasteiger partial charge in [-0.1, -0.05) is 0 Å². The van der Waals surface area contributed by atoms with Crippen LogP contribution in [0.15, 0.2) is 23.3 Å². The average Bonchev–Trinajstić information content (AvgIpc) is 3.08. The van der Waals surface area contributed by atoms with Gasteiger partial charge in [-0.2, -0.15) is 5.10 Å². The highest BCUT2D eigenvalue weighted by atomic mass is 16.6. The van der Waals surface area contributed by atoms with E-state index in [1.807, 2.05) is 0 Å². The number of nitro benzene ring substituents is 1. The van der Waals surface area contributed by atoms with Crippen molar-refractivity contribution in [3.05, 3.63) is 33.9 Å². The Bertz CT molecular complexity index is 653. The average molecular weight is 320 g/mol. The van der Waals surface area contributed by atoms with Crippen LogP contribution in [0, 0.1) is 10.1 Å². The minimum absolute atomic E-state index is 0.125. The summed E-state index contributed by atoms with van der Waals surface area (Å²) in [6, 6.07) is 4.23. The Morgan fingerprint density at radius 1 is 1.39 bits per heavy atom. The number of carbonyl (C=O) groups excluding carboxylic acids is 2. The zero-order chi connectivity index (χ0) is 16.8. The van der Waals surface area contributed by atoms with Gasteiger partial charge in [-0.05, 0) is 25.0 Å². The van der Waals surface area contributed by atoms with E-state index in [2.05, 4.69) is 10.5 Å². The molecule has 1 aromatic carbocycles. The monoisotopic (exact) mass is 320 g/mol. The van der Waals surface area contributed by atoms with Gasteiger partial charge >= 0.3 is 17.5 Å². The van der Waals surface area contributed by atoms with Gasteiger partial charge in [0, 0.05) is 24.7 Å². The zero-order valence-corrected chi connectivity index (χ0v) is 12.5. The van der Waals surface area contributed by atoms with Gasteiger partial charge in [-0.3, -0.25) is 19.7 Å². The van der Waals surface area contributed by atoms with Crippen LogP contribution in [0.25, 0.3) is 0 Å². The molecule has 0 unspecified atom stereocenters. The second-order valence-electron chi connectivity index (χ2n) is 4.89. The normalized spacial score (nSPS) is 14.0. The predicted octanol–water partition coefficient (Wildman–Crippen LogP) is 0.676. The zero-order valence-electron chi connectivity index (χ0n) is 12.5. The number of hydrazone groups is 1. The van der Waals surface area contributed by atoms with Crippen LogP contribution in [-0.2, 0) is 9.59 Å². The van der Waals surface area contributed by atoms with Crippen molar-refractivity contribution >= 4 is 23.7 Å². The molecule has 0 bridgehead atoms. The van der Waals surface area contributed by atoms with E-state index in [1.54, 1.807) is 6.07 Å². The Hall–Kier alpha value is -2.97. The fourth-order valence-corrected chi connectivity index (χ4v) is 2.21. The van der Waals surface area contributed by atoms with Crippen molar-refractivity contribution < 1.29 is 19.2 Å². The number of nitrogens with one attached hydrogen (secondary N) is 1. The maximum absolute atomic E-state index is 11.7. The van der Waals surface area contributed by atoms with Crippen LogP contribution in [0.5, 0.6) is 5.75 Å². The largest absolute Gasteiger partial charge is 0.490 e. The van der Waals surface area contributed by atoms with Crippen LogP contribution < -0.4 is 10.2 Å². The number of rotatable bonds is 4. The lowest BCUT2D eigenvalue weighted by molar-refractivity contribution is -0.385. The van der Waals surface area contributed by atoms with Crippen LogP contribution >= 0.6 is 0 Å². The summed E-state index contributed by atoms with van der Waals surface area (Å²) in [6.07, 6.45) is 3.00. The van der Waals surface area contributed by atoms with Gasteiger partial charge < -0.3 is 9.64 Å². The summed E-state index contributed by atoms with van der Waals surface area (Å²) in [4.78, 5) is 35.2. The minimum atomic E-state index is -0.828. The Kier molecular flexibility index (Phi) is 5.23. The third-order valence-corrected chi connectivity index (χ3v) is 3.37. The molecule has 0 radical (unpaired) electrons. The summed E-state index contributed by atoms with van der Waals surface area (Å²) in [5.74, 6) is -1.33. The van der Waals surface area contributed by atoms with Crippen LogP contribution in [0.4, 0.5) is 5.69 Å².